The van der Waals surface area contributed by atoms with Crippen LogP contribution in [-0.4, -0.2) is 34.8 Å². The molecule has 0 aliphatic rings. The number of aryl methyl sites for hydroxylation is 1. The molecule has 3 aromatic rings. The monoisotopic (exact) mass is 443 g/mol. The van der Waals surface area contributed by atoms with Gasteiger partial charge in [0.2, 0.25) is 0 Å². The molecule has 1 heterocycles. The van der Waals surface area contributed by atoms with Crippen molar-refractivity contribution in [3.05, 3.63) is 63.8 Å². The van der Waals surface area contributed by atoms with Gasteiger partial charge in [-0.05, 0) is 61.4 Å². The van der Waals surface area contributed by atoms with E-state index >= 15 is 0 Å². The number of methoxy groups -OCH3 is 1. The minimum atomic E-state index is -0.954. The van der Waals surface area contributed by atoms with E-state index in [2.05, 4.69) is 4.57 Å². The molecule has 3 rings (SSSR count). The molecule has 0 spiro atoms. The molecule has 0 amide bonds. The topological polar surface area (TPSA) is 77.8 Å². The van der Waals surface area contributed by atoms with Gasteiger partial charge in [0.15, 0.2) is 6.10 Å². The maximum absolute atomic E-state index is 12.1. The maximum Gasteiger partial charge on any atom is 0.347 e. The Morgan fingerprint density at radius 3 is 2.45 bits per heavy atom. The first-order valence-electron chi connectivity index (χ1n) is 9.99. The predicted molar refractivity (Wildman–Crippen MR) is 120 cm³/mol. The second kappa shape index (κ2) is 9.02. The zero-order chi connectivity index (χ0) is 22.9. The lowest BCUT2D eigenvalue weighted by Crippen LogP contribution is -2.33. The Bertz CT molecular complexity index is 1150. The van der Waals surface area contributed by atoms with E-state index in [1.807, 2.05) is 39.8 Å². The Labute approximate surface area is 186 Å². The summed E-state index contributed by atoms with van der Waals surface area (Å²) < 4.78 is 12.9. The van der Waals surface area contributed by atoms with Gasteiger partial charge < -0.3 is 19.1 Å². The van der Waals surface area contributed by atoms with Gasteiger partial charge in [-0.25, -0.2) is 9.59 Å². The minimum Gasteiger partial charge on any atom is -0.478 e. The van der Waals surface area contributed by atoms with Crippen LogP contribution in [0.5, 0.6) is 5.75 Å². The first kappa shape index (κ1) is 22.7. The molecule has 0 fully saturated rings. The molecule has 2 aromatic carbocycles. The number of fused-ring (bicyclic) bond motifs is 1. The largest absolute Gasteiger partial charge is 0.478 e. The van der Waals surface area contributed by atoms with Crippen LogP contribution in [0, 0.1) is 19.8 Å². The average Bonchev–Trinajstić information content (AvgIpc) is 2.97. The zero-order valence-corrected chi connectivity index (χ0v) is 19.0. The second-order valence-electron chi connectivity index (χ2n) is 7.89. The fourth-order valence-electron chi connectivity index (χ4n) is 3.62. The molecule has 1 atom stereocenters. The molecule has 0 aliphatic heterocycles. The number of carbonyl (C=O) groups is 2. The molecule has 6 nitrogen and oxygen atoms in total. The van der Waals surface area contributed by atoms with Crippen LogP contribution in [0.2, 0.25) is 5.02 Å². The van der Waals surface area contributed by atoms with Crippen molar-refractivity contribution in [1.29, 1.82) is 0 Å². The first-order chi connectivity index (χ1) is 14.6. The molecule has 0 bridgehead atoms. The lowest BCUT2D eigenvalue weighted by atomic mass is 10.1. The van der Waals surface area contributed by atoms with Gasteiger partial charge in [-0.2, -0.15) is 0 Å². The van der Waals surface area contributed by atoms with E-state index in [0.29, 0.717) is 17.3 Å². The summed E-state index contributed by atoms with van der Waals surface area (Å²) in [5.41, 5.74) is 4.05. The third kappa shape index (κ3) is 4.54. The van der Waals surface area contributed by atoms with Crippen LogP contribution >= 0.6 is 11.6 Å². The van der Waals surface area contributed by atoms with Crippen molar-refractivity contribution in [2.75, 3.05) is 7.11 Å². The number of ether oxygens (including phenoxy) is 2. The van der Waals surface area contributed by atoms with Crippen molar-refractivity contribution in [2.24, 2.45) is 5.92 Å². The van der Waals surface area contributed by atoms with Crippen LogP contribution < -0.4 is 4.74 Å². The molecular weight excluding hydrogens is 418 g/mol. The number of nitrogens with zero attached hydrogens (tertiary/aromatic N) is 1. The zero-order valence-electron chi connectivity index (χ0n) is 18.2. The molecule has 0 unspecified atom stereocenters. The summed E-state index contributed by atoms with van der Waals surface area (Å²) in [4.78, 5) is 23.4. The van der Waals surface area contributed by atoms with Crippen LogP contribution in [0.4, 0.5) is 0 Å². The molecule has 1 N–H and O–H groups in total. The van der Waals surface area contributed by atoms with Gasteiger partial charge in [0.25, 0.3) is 0 Å². The van der Waals surface area contributed by atoms with Crippen molar-refractivity contribution in [2.45, 2.75) is 40.3 Å². The second-order valence-corrected chi connectivity index (χ2v) is 8.30. The summed E-state index contributed by atoms with van der Waals surface area (Å²) in [6, 6.07) is 10.4. The van der Waals surface area contributed by atoms with Gasteiger partial charge in [0, 0.05) is 34.1 Å². The summed E-state index contributed by atoms with van der Waals surface area (Å²) in [5, 5.41) is 10.8. The highest BCUT2D eigenvalue weighted by molar-refractivity contribution is 6.31. The quantitative estimate of drug-likeness (QED) is 0.505. The third-order valence-electron chi connectivity index (χ3n) is 5.53. The number of hydrogen-bond donors (Lipinski definition) is 1. The van der Waals surface area contributed by atoms with Crippen LogP contribution in [-0.2, 0) is 16.1 Å². The maximum atomic E-state index is 12.1. The van der Waals surface area contributed by atoms with Crippen molar-refractivity contribution in [3.63, 3.8) is 0 Å². The number of halogens is 1. The SMILES string of the molecule is COC(=O)[C@@H](Oc1ccc(Cl)c(Cn2c(C)c(C)c3cc(C(=O)O)ccc32)c1)C(C)C. The number of aromatic nitrogens is 1. The number of hydrogen-bond acceptors (Lipinski definition) is 4. The van der Waals surface area contributed by atoms with Crippen molar-refractivity contribution in [3.8, 4) is 5.75 Å². The Balaban J connectivity index is 1.99. The molecule has 0 aliphatic carbocycles. The number of benzene rings is 2. The van der Waals surface area contributed by atoms with Gasteiger partial charge >= 0.3 is 11.9 Å². The number of esters is 1. The molecule has 1 aromatic heterocycles. The van der Waals surface area contributed by atoms with E-state index in [9.17, 15) is 14.7 Å². The van der Waals surface area contributed by atoms with Gasteiger partial charge in [0.05, 0.1) is 12.7 Å². The lowest BCUT2D eigenvalue weighted by molar-refractivity contribution is -0.150. The highest BCUT2D eigenvalue weighted by atomic mass is 35.5. The summed E-state index contributed by atoms with van der Waals surface area (Å²) in [6.45, 7) is 8.23. The average molecular weight is 444 g/mol. The number of aromatic carboxylic acids is 1. The van der Waals surface area contributed by atoms with E-state index in [-0.39, 0.29) is 11.5 Å². The Kier molecular flexibility index (Phi) is 6.60. The summed E-state index contributed by atoms with van der Waals surface area (Å²) >= 11 is 6.47. The third-order valence-corrected chi connectivity index (χ3v) is 5.90. The summed E-state index contributed by atoms with van der Waals surface area (Å²) in [7, 11) is 1.34. The van der Waals surface area contributed by atoms with Crippen LogP contribution in [0.25, 0.3) is 10.9 Å². The Morgan fingerprint density at radius 1 is 1.13 bits per heavy atom. The van der Waals surface area contributed by atoms with Crippen LogP contribution in [0.3, 0.4) is 0 Å². The molecule has 164 valence electrons. The van der Waals surface area contributed by atoms with Crippen molar-refractivity contribution < 1.29 is 24.2 Å². The van der Waals surface area contributed by atoms with E-state index in [4.69, 9.17) is 21.1 Å². The predicted octanol–water partition coefficient (Wildman–Crippen LogP) is 5.23. The highest BCUT2D eigenvalue weighted by Gasteiger charge is 2.25. The van der Waals surface area contributed by atoms with E-state index < -0.39 is 18.0 Å². The number of carboxylic acid groups (broad SMARTS) is 1. The molecule has 7 heteroatoms. The van der Waals surface area contributed by atoms with E-state index in [0.717, 1.165) is 27.7 Å². The number of rotatable bonds is 7. The first-order valence-corrected chi connectivity index (χ1v) is 10.4. The van der Waals surface area contributed by atoms with Crippen molar-refractivity contribution in [1.82, 2.24) is 4.57 Å². The van der Waals surface area contributed by atoms with Gasteiger partial charge in [0.1, 0.15) is 5.75 Å². The molecule has 0 saturated heterocycles. The summed E-state index contributed by atoms with van der Waals surface area (Å²) in [5.74, 6) is -0.913. The highest BCUT2D eigenvalue weighted by Crippen LogP contribution is 2.30. The fourth-order valence-corrected chi connectivity index (χ4v) is 3.80. The number of carboxylic acids is 1. The van der Waals surface area contributed by atoms with Gasteiger partial charge in [-0.15, -0.1) is 0 Å². The van der Waals surface area contributed by atoms with Crippen LogP contribution in [0.15, 0.2) is 36.4 Å². The molecule has 31 heavy (non-hydrogen) atoms. The Morgan fingerprint density at radius 2 is 1.84 bits per heavy atom. The molecular formula is C24H26ClNO5. The van der Waals surface area contributed by atoms with E-state index in [1.54, 1.807) is 24.3 Å². The van der Waals surface area contributed by atoms with Gasteiger partial charge in [-0.3, -0.25) is 0 Å². The van der Waals surface area contributed by atoms with E-state index in [1.165, 1.54) is 7.11 Å². The van der Waals surface area contributed by atoms with Crippen LogP contribution in [0.1, 0.15) is 41.0 Å². The van der Waals surface area contributed by atoms with Crippen molar-refractivity contribution >= 4 is 34.4 Å². The lowest BCUT2D eigenvalue weighted by Gasteiger charge is -2.21. The molecule has 0 radical (unpaired) electrons. The number of carbonyl (C=O) groups excluding carboxylic acids is 1. The van der Waals surface area contributed by atoms with Gasteiger partial charge in [-0.1, -0.05) is 25.4 Å². The summed E-state index contributed by atoms with van der Waals surface area (Å²) in [6.07, 6.45) is -0.718. The minimum absolute atomic E-state index is 0.0618. The molecule has 0 saturated carbocycles. The normalized spacial score (nSPS) is 12.2. The smallest absolute Gasteiger partial charge is 0.347 e. The Hall–Kier alpha value is -2.99. The fraction of sp³-hybridized carbons (Fsp3) is 0.333. The standard InChI is InChI=1S/C24H26ClNO5/c1-13(2)22(24(29)30-5)31-18-7-8-20(25)17(10-18)12-26-15(4)14(3)19-11-16(23(27)28)6-9-21(19)26/h6-11,13,22H,12H2,1-5H3,(H,27,28)/t22-/m0/s1.